The van der Waals surface area contributed by atoms with Crippen molar-refractivity contribution in [1.82, 2.24) is 10.2 Å². The molecule has 0 atom stereocenters. The summed E-state index contributed by atoms with van der Waals surface area (Å²) in [6.07, 6.45) is 0.501. The van der Waals surface area contributed by atoms with Crippen LogP contribution in [0.4, 0.5) is 6.01 Å². The topological polar surface area (TPSA) is 77.2 Å². The molecule has 3 aromatic carbocycles. The number of benzene rings is 3. The molecule has 6 nitrogen and oxygen atoms in total. The molecule has 0 aliphatic rings. The van der Waals surface area contributed by atoms with Crippen molar-refractivity contribution in [3.05, 3.63) is 83.2 Å². The SMILES string of the molecule is COc1cc2ccccc2cc1C(=O)Nc1nnc(Cc2ccc(C(C)C)cc2)o1. The van der Waals surface area contributed by atoms with Gasteiger partial charge in [-0.2, -0.15) is 0 Å². The largest absolute Gasteiger partial charge is 0.496 e. The lowest BCUT2D eigenvalue weighted by molar-refractivity contribution is 0.102. The minimum atomic E-state index is -0.367. The maximum atomic E-state index is 12.8. The molecule has 0 saturated carbocycles. The van der Waals surface area contributed by atoms with Crippen molar-refractivity contribution in [2.75, 3.05) is 12.4 Å². The predicted molar refractivity (Wildman–Crippen MR) is 116 cm³/mol. The standard InChI is InChI=1S/C24H23N3O3/c1-15(2)17-10-8-16(9-11-17)12-22-26-27-24(30-22)25-23(28)20-13-18-6-4-5-7-19(18)14-21(20)29-3/h4-11,13-15H,12H2,1-3H3,(H,25,27,28). The molecule has 1 heterocycles. The quantitative estimate of drug-likeness (QED) is 0.481. The first-order valence-corrected chi connectivity index (χ1v) is 9.83. The molecular formula is C24H23N3O3. The van der Waals surface area contributed by atoms with Gasteiger partial charge in [-0.25, -0.2) is 0 Å². The van der Waals surface area contributed by atoms with Gasteiger partial charge in [-0.1, -0.05) is 67.5 Å². The van der Waals surface area contributed by atoms with Crippen LogP contribution < -0.4 is 10.1 Å². The number of nitrogens with one attached hydrogen (secondary N) is 1. The summed E-state index contributed by atoms with van der Waals surface area (Å²) in [7, 11) is 1.54. The Balaban J connectivity index is 1.49. The summed E-state index contributed by atoms with van der Waals surface area (Å²) in [4.78, 5) is 12.8. The Hall–Kier alpha value is -3.67. The Morgan fingerprint density at radius 1 is 1.03 bits per heavy atom. The molecular weight excluding hydrogens is 378 g/mol. The number of hydrogen-bond donors (Lipinski definition) is 1. The number of carbonyl (C=O) groups excluding carboxylic acids is 1. The number of ether oxygens (including phenoxy) is 1. The first-order chi connectivity index (χ1) is 14.5. The van der Waals surface area contributed by atoms with E-state index in [4.69, 9.17) is 9.15 Å². The van der Waals surface area contributed by atoms with Crippen LogP contribution in [0.2, 0.25) is 0 Å². The highest BCUT2D eigenvalue weighted by Crippen LogP contribution is 2.27. The zero-order chi connectivity index (χ0) is 21.1. The van der Waals surface area contributed by atoms with E-state index >= 15 is 0 Å². The number of carbonyl (C=O) groups is 1. The molecule has 1 aromatic heterocycles. The number of rotatable bonds is 6. The van der Waals surface area contributed by atoms with Crippen molar-refractivity contribution in [2.45, 2.75) is 26.2 Å². The Labute approximate surface area is 174 Å². The molecule has 0 aliphatic heterocycles. The lowest BCUT2D eigenvalue weighted by Crippen LogP contribution is -2.13. The van der Waals surface area contributed by atoms with E-state index in [1.54, 1.807) is 6.07 Å². The minimum absolute atomic E-state index is 0.0593. The van der Waals surface area contributed by atoms with Crippen LogP contribution >= 0.6 is 0 Å². The normalized spacial score (nSPS) is 11.1. The van der Waals surface area contributed by atoms with Gasteiger partial charge in [0.15, 0.2) is 0 Å². The first-order valence-electron chi connectivity index (χ1n) is 9.83. The van der Waals surface area contributed by atoms with Crippen molar-refractivity contribution in [3.63, 3.8) is 0 Å². The number of fused-ring (bicyclic) bond motifs is 1. The van der Waals surface area contributed by atoms with Gasteiger partial charge >= 0.3 is 6.01 Å². The summed E-state index contributed by atoms with van der Waals surface area (Å²) >= 11 is 0. The predicted octanol–water partition coefficient (Wildman–Crippen LogP) is 5.20. The molecule has 152 valence electrons. The number of amides is 1. The van der Waals surface area contributed by atoms with Gasteiger partial charge in [0, 0.05) is 0 Å². The molecule has 4 rings (SSSR count). The lowest BCUT2D eigenvalue weighted by Gasteiger charge is -2.09. The fraction of sp³-hybridized carbons (Fsp3) is 0.208. The van der Waals surface area contributed by atoms with Crippen LogP contribution in [0, 0.1) is 0 Å². The van der Waals surface area contributed by atoms with E-state index in [0.717, 1.165) is 16.3 Å². The summed E-state index contributed by atoms with van der Waals surface area (Å²) in [5.74, 6) is 1.04. The van der Waals surface area contributed by atoms with Crippen molar-refractivity contribution >= 4 is 22.7 Å². The number of aromatic nitrogens is 2. The average molecular weight is 401 g/mol. The molecule has 0 radical (unpaired) electrons. The molecule has 6 heteroatoms. The Bertz CT molecular complexity index is 1180. The molecule has 0 unspecified atom stereocenters. The van der Waals surface area contributed by atoms with Gasteiger partial charge in [-0.15, -0.1) is 5.10 Å². The van der Waals surface area contributed by atoms with Crippen molar-refractivity contribution < 1.29 is 13.9 Å². The summed E-state index contributed by atoms with van der Waals surface area (Å²) in [6.45, 7) is 4.32. The third kappa shape index (κ3) is 4.17. The van der Waals surface area contributed by atoms with Crippen molar-refractivity contribution in [3.8, 4) is 5.75 Å². The molecule has 0 spiro atoms. The lowest BCUT2D eigenvalue weighted by atomic mass is 10.0. The van der Waals surface area contributed by atoms with Gasteiger partial charge in [0.25, 0.3) is 5.91 Å². The van der Waals surface area contributed by atoms with Gasteiger partial charge in [0.1, 0.15) is 5.75 Å². The van der Waals surface area contributed by atoms with Crippen LogP contribution in [0.15, 0.2) is 65.1 Å². The monoisotopic (exact) mass is 401 g/mol. The molecule has 0 bridgehead atoms. The third-order valence-corrected chi connectivity index (χ3v) is 5.00. The number of anilines is 1. The summed E-state index contributed by atoms with van der Waals surface area (Å²) in [5.41, 5.74) is 2.75. The Kier molecular flexibility index (Phi) is 5.48. The molecule has 1 amide bonds. The van der Waals surface area contributed by atoms with Gasteiger partial charge in [-0.3, -0.25) is 10.1 Å². The van der Waals surface area contributed by atoms with E-state index in [9.17, 15) is 4.79 Å². The molecule has 0 saturated heterocycles. The van der Waals surface area contributed by atoms with E-state index in [0.29, 0.717) is 29.5 Å². The first kappa shape index (κ1) is 19.6. The molecule has 0 aliphatic carbocycles. The molecule has 30 heavy (non-hydrogen) atoms. The van der Waals surface area contributed by atoms with Crippen molar-refractivity contribution in [2.24, 2.45) is 0 Å². The number of hydrogen-bond acceptors (Lipinski definition) is 5. The second-order valence-corrected chi connectivity index (χ2v) is 7.43. The number of methoxy groups -OCH3 is 1. The third-order valence-electron chi connectivity index (χ3n) is 5.00. The Morgan fingerprint density at radius 2 is 1.73 bits per heavy atom. The van der Waals surface area contributed by atoms with Crippen molar-refractivity contribution in [1.29, 1.82) is 0 Å². The van der Waals surface area contributed by atoms with Crippen LogP contribution in [-0.2, 0) is 6.42 Å². The zero-order valence-electron chi connectivity index (χ0n) is 17.2. The van der Waals surface area contributed by atoms with Crippen LogP contribution in [0.25, 0.3) is 10.8 Å². The van der Waals surface area contributed by atoms with E-state index in [-0.39, 0.29) is 11.9 Å². The van der Waals surface area contributed by atoms with Gasteiger partial charge in [-0.05, 0) is 39.9 Å². The van der Waals surface area contributed by atoms with E-state index in [1.165, 1.54) is 12.7 Å². The van der Waals surface area contributed by atoms with Crippen LogP contribution in [0.1, 0.15) is 47.1 Å². The second kappa shape index (κ2) is 8.37. The van der Waals surface area contributed by atoms with Gasteiger partial charge in [0.05, 0.1) is 19.1 Å². The smallest absolute Gasteiger partial charge is 0.322 e. The highest BCUT2D eigenvalue weighted by Gasteiger charge is 2.17. The maximum absolute atomic E-state index is 12.8. The van der Waals surface area contributed by atoms with Crippen LogP contribution in [0.3, 0.4) is 0 Å². The summed E-state index contributed by atoms with van der Waals surface area (Å²) in [5, 5.41) is 12.6. The number of nitrogens with zero attached hydrogens (tertiary/aromatic N) is 2. The fourth-order valence-electron chi connectivity index (χ4n) is 3.30. The van der Waals surface area contributed by atoms with Crippen LogP contribution in [0.5, 0.6) is 5.75 Å². The van der Waals surface area contributed by atoms with Crippen LogP contribution in [-0.4, -0.2) is 23.2 Å². The zero-order valence-corrected chi connectivity index (χ0v) is 17.2. The van der Waals surface area contributed by atoms with E-state index < -0.39 is 0 Å². The van der Waals surface area contributed by atoms with E-state index in [2.05, 4.69) is 53.6 Å². The molecule has 4 aromatic rings. The summed E-state index contributed by atoms with van der Waals surface area (Å²) in [6, 6.07) is 19.8. The average Bonchev–Trinajstić information content (AvgIpc) is 3.19. The highest BCUT2D eigenvalue weighted by molar-refractivity contribution is 6.07. The molecule has 0 fully saturated rings. The van der Waals surface area contributed by atoms with Gasteiger partial charge in [0.2, 0.25) is 5.89 Å². The fourth-order valence-corrected chi connectivity index (χ4v) is 3.30. The highest BCUT2D eigenvalue weighted by atomic mass is 16.5. The van der Waals surface area contributed by atoms with E-state index in [1.807, 2.05) is 30.3 Å². The molecule has 1 N–H and O–H groups in total. The second-order valence-electron chi connectivity index (χ2n) is 7.43. The van der Waals surface area contributed by atoms with Gasteiger partial charge < -0.3 is 9.15 Å². The Morgan fingerprint density at radius 3 is 2.40 bits per heavy atom. The minimum Gasteiger partial charge on any atom is -0.496 e. The maximum Gasteiger partial charge on any atom is 0.322 e. The summed E-state index contributed by atoms with van der Waals surface area (Å²) < 4.78 is 11.0.